The molecule has 0 aliphatic rings. The summed E-state index contributed by atoms with van der Waals surface area (Å²) in [5, 5.41) is 11.5. The molecule has 0 radical (unpaired) electrons. The van der Waals surface area contributed by atoms with Crippen LogP contribution in [0.15, 0.2) is 61.7 Å². The van der Waals surface area contributed by atoms with Crippen LogP contribution in [0.4, 0.5) is 32.0 Å². The van der Waals surface area contributed by atoms with Crippen molar-refractivity contribution < 1.29 is 50.3 Å². The molecule has 2 atom stereocenters. The summed E-state index contributed by atoms with van der Waals surface area (Å²) in [6.45, 7) is 7.41. The second kappa shape index (κ2) is 13.9. The summed E-state index contributed by atoms with van der Waals surface area (Å²) in [7, 11) is 0. The van der Waals surface area contributed by atoms with E-state index in [-0.39, 0.29) is 24.5 Å². The monoisotopic (exact) mass is 604 g/mol. The van der Waals surface area contributed by atoms with Crippen molar-refractivity contribution in [2.75, 3.05) is 0 Å². The highest BCUT2D eigenvalue weighted by Gasteiger charge is 2.61. The Balaban J connectivity index is 2.46. The minimum Gasteiger partial charge on any atom is -0.474 e. The summed E-state index contributed by atoms with van der Waals surface area (Å²) < 4.78 is 93.9. The van der Waals surface area contributed by atoms with Gasteiger partial charge in [-0.3, -0.25) is 30.6 Å². The zero-order valence-electron chi connectivity index (χ0n) is 22.1. The first-order valence-corrected chi connectivity index (χ1v) is 12.1. The Bertz CT molecular complexity index is 1300. The van der Waals surface area contributed by atoms with E-state index < -0.39 is 76.6 Å². The van der Waals surface area contributed by atoms with Gasteiger partial charge in [0, 0.05) is 12.5 Å². The van der Waals surface area contributed by atoms with Crippen molar-refractivity contribution in [3.63, 3.8) is 0 Å². The van der Waals surface area contributed by atoms with Crippen molar-refractivity contribution in [3.05, 3.63) is 88.6 Å². The third-order valence-electron chi connectivity index (χ3n) is 5.64. The summed E-state index contributed by atoms with van der Waals surface area (Å²) in [5.41, 5.74) is -4.60. The molecule has 0 aliphatic carbocycles. The van der Waals surface area contributed by atoms with Crippen LogP contribution in [0.25, 0.3) is 0 Å². The van der Waals surface area contributed by atoms with Gasteiger partial charge >= 0.3 is 18.0 Å². The number of ether oxygens (including phenoxy) is 2. The number of carbonyl (C=O) groups excluding carboxylic acids is 2. The molecule has 10 nitrogen and oxygen atoms in total. The van der Waals surface area contributed by atoms with Crippen LogP contribution in [0, 0.1) is 10.1 Å². The molecule has 0 saturated heterocycles. The van der Waals surface area contributed by atoms with Gasteiger partial charge in [-0.1, -0.05) is 42.5 Å². The molecular weight excluding hydrogens is 578 g/mol. The highest BCUT2D eigenvalue weighted by Crippen LogP contribution is 2.40. The minimum atomic E-state index is -5.33. The lowest BCUT2D eigenvalue weighted by Crippen LogP contribution is -2.61. The van der Waals surface area contributed by atoms with Crippen molar-refractivity contribution in [3.8, 4) is 5.88 Å². The van der Waals surface area contributed by atoms with Gasteiger partial charge in [-0.2, -0.15) is 26.3 Å². The van der Waals surface area contributed by atoms with Crippen LogP contribution in [0.5, 0.6) is 5.88 Å². The summed E-state index contributed by atoms with van der Waals surface area (Å²) in [6.07, 6.45) is -10.4. The molecule has 2 N–H and O–H groups in total. The van der Waals surface area contributed by atoms with Crippen LogP contribution in [-0.4, -0.2) is 39.6 Å². The van der Waals surface area contributed by atoms with Gasteiger partial charge in [0.05, 0.1) is 11.5 Å². The molecule has 1 aromatic heterocycles. The number of carbonyl (C=O) groups is 2. The third-order valence-corrected chi connectivity index (χ3v) is 5.64. The van der Waals surface area contributed by atoms with E-state index in [1.807, 2.05) is 0 Å². The number of hydrazine groups is 1. The highest BCUT2D eigenvalue weighted by molar-refractivity contribution is 5.98. The Morgan fingerprint density at radius 3 is 2.26 bits per heavy atom. The van der Waals surface area contributed by atoms with Gasteiger partial charge in [0.25, 0.3) is 11.8 Å². The molecule has 0 fully saturated rings. The van der Waals surface area contributed by atoms with Crippen LogP contribution >= 0.6 is 0 Å². The molecule has 228 valence electrons. The Morgan fingerprint density at radius 2 is 1.74 bits per heavy atom. The molecule has 2 aromatic rings. The number of alkyl halides is 6. The van der Waals surface area contributed by atoms with Gasteiger partial charge in [0.1, 0.15) is 11.7 Å². The van der Waals surface area contributed by atoms with E-state index in [4.69, 9.17) is 9.47 Å². The number of aromatic nitrogens is 1. The van der Waals surface area contributed by atoms with Gasteiger partial charge in [-0.25, -0.2) is 4.98 Å². The fourth-order valence-electron chi connectivity index (χ4n) is 3.52. The number of nitro groups is 1. The van der Waals surface area contributed by atoms with Crippen LogP contribution in [0.3, 0.4) is 0 Å². The number of benzene rings is 1. The second-order valence-corrected chi connectivity index (χ2v) is 8.75. The van der Waals surface area contributed by atoms with Gasteiger partial charge in [-0.05, 0) is 25.3 Å². The topological polar surface area (TPSA) is 133 Å². The van der Waals surface area contributed by atoms with E-state index in [1.54, 1.807) is 11.5 Å². The molecule has 2 rings (SSSR count). The maximum absolute atomic E-state index is 14.3. The molecule has 0 bridgehead atoms. The number of nitrogens with one attached hydrogen (secondary N) is 2. The van der Waals surface area contributed by atoms with Gasteiger partial charge in [-0.15, -0.1) is 13.2 Å². The fourth-order valence-corrected chi connectivity index (χ4v) is 3.52. The van der Waals surface area contributed by atoms with Crippen LogP contribution < -0.4 is 15.6 Å². The summed E-state index contributed by atoms with van der Waals surface area (Å²) in [6, 6.07) is 7.53. The van der Waals surface area contributed by atoms with Crippen LogP contribution in [0.2, 0.25) is 0 Å². The number of hydrogen-bond acceptors (Lipinski definition) is 7. The Morgan fingerprint density at radius 1 is 1.10 bits per heavy atom. The predicted octanol–water partition coefficient (Wildman–Crippen LogP) is 5.60. The third kappa shape index (κ3) is 8.28. The summed E-state index contributed by atoms with van der Waals surface area (Å²) >= 11 is 0. The molecular formula is C26H26F6N4O6. The number of amides is 2. The van der Waals surface area contributed by atoms with Gasteiger partial charge in [0.15, 0.2) is 0 Å². The summed E-state index contributed by atoms with van der Waals surface area (Å²) in [5.74, 6) is -4.82. The van der Waals surface area contributed by atoms with Crippen molar-refractivity contribution in [2.45, 2.75) is 56.9 Å². The van der Waals surface area contributed by atoms with Gasteiger partial charge in [0.2, 0.25) is 17.2 Å². The molecule has 0 aliphatic heterocycles. The van der Waals surface area contributed by atoms with E-state index in [0.29, 0.717) is 0 Å². The first kappa shape index (κ1) is 33.7. The number of allylic oxidation sites excluding steroid dienone is 1. The molecule has 1 heterocycles. The zero-order chi connectivity index (χ0) is 31.7. The Kier molecular flexibility index (Phi) is 11.2. The zero-order valence-corrected chi connectivity index (χ0v) is 22.1. The first-order valence-electron chi connectivity index (χ1n) is 12.1. The average Bonchev–Trinajstić information content (AvgIpc) is 2.90. The molecule has 2 unspecified atom stereocenters. The van der Waals surface area contributed by atoms with E-state index >= 15 is 0 Å². The van der Waals surface area contributed by atoms with Crippen LogP contribution in [0.1, 0.15) is 47.8 Å². The van der Waals surface area contributed by atoms with E-state index in [0.717, 1.165) is 6.08 Å². The largest absolute Gasteiger partial charge is 0.474 e. The Labute approximate surface area is 235 Å². The number of hydrogen-bond donors (Lipinski definition) is 2. The number of halogens is 6. The summed E-state index contributed by atoms with van der Waals surface area (Å²) in [4.78, 5) is 39.2. The van der Waals surface area contributed by atoms with E-state index in [1.165, 1.54) is 42.7 Å². The standard InChI is InChI=1S/C26H26F6N4O6/c1-4-6-13-24(26(30,31)32,41-15-17-11-8-7-9-12-17)23(38)35-34-21(37)20-19(36(39)40)14-18(25(27,28)29)22(33-20)42-16(3)10-5-2/h4-5,7-9,11-12,14,16H,1-2,6,10,13,15H2,3H3,(H,34,37)(H,35,38). The number of pyridine rings is 1. The SMILES string of the molecule is C=CCCC(OCc1ccccc1)(C(=O)NNC(=O)c1nc(OC(C)CC=C)c(C(F)(F)F)cc1[N+](=O)[O-])C(F)(F)F. The van der Waals surface area contributed by atoms with Gasteiger partial charge < -0.3 is 9.47 Å². The minimum absolute atomic E-state index is 0.00718. The van der Waals surface area contributed by atoms with Crippen molar-refractivity contribution in [1.29, 1.82) is 0 Å². The maximum atomic E-state index is 14.3. The molecule has 2 amide bonds. The van der Waals surface area contributed by atoms with E-state index in [9.17, 15) is 46.0 Å². The molecule has 42 heavy (non-hydrogen) atoms. The number of nitrogens with zero attached hydrogens (tertiary/aromatic N) is 2. The predicted molar refractivity (Wildman–Crippen MR) is 136 cm³/mol. The number of rotatable bonds is 13. The molecule has 0 spiro atoms. The Hall–Kier alpha value is -4.47. The maximum Gasteiger partial charge on any atom is 0.426 e. The first-order chi connectivity index (χ1) is 19.6. The fraction of sp³-hybridized carbons (Fsp3) is 0.346. The van der Waals surface area contributed by atoms with Crippen molar-refractivity contribution in [1.82, 2.24) is 15.8 Å². The van der Waals surface area contributed by atoms with Crippen LogP contribution in [-0.2, 0) is 22.3 Å². The van der Waals surface area contributed by atoms with Crippen molar-refractivity contribution in [2.24, 2.45) is 0 Å². The lowest BCUT2D eigenvalue weighted by atomic mass is 9.95. The second-order valence-electron chi connectivity index (χ2n) is 8.75. The highest BCUT2D eigenvalue weighted by atomic mass is 19.4. The normalized spacial score (nSPS) is 13.8. The molecule has 0 saturated carbocycles. The molecule has 16 heteroatoms. The van der Waals surface area contributed by atoms with E-state index in [2.05, 4.69) is 18.1 Å². The lowest BCUT2D eigenvalue weighted by molar-refractivity contribution is -0.385. The quantitative estimate of drug-likeness (QED) is 0.132. The smallest absolute Gasteiger partial charge is 0.426 e. The average molecular weight is 605 g/mol. The molecule has 1 aromatic carbocycles. The van der Waals surface area contributed by atoms with Crippen molar-refractivity contribution >= 4 is 17.5 Å². The lowest BCUT2D eigenvalue weighted by Gasteiger charge is -2.34.